The predicted molar refractivity (Wildman–Crippen MR) is 80.3 cm³/mol. The van der Waals surface area contributed by atoms with Crippen molar-refractivity contribution in [3.05, 3.63) is 41.8 Å². The number of nitrogens with zero attached hydrogens (tertiary/aromatic N) is 2. The monoisotopic (exact) mass is 292 g/mol. The molecule has 0 bridgehead atoms. The molecule has 1 aromatic heterocycles. The van der Waals surface area contributed by atoms with Crippen LogP contribution < -0.4 is 0 Å². The Hall–Kier alpha value is -1.56. The van der Waals surface area contributed by atoms with Gasteiger partial charge < -0.3 is 15.1 Å². The molecule has 0 radical (unpaired) electrons. The molecule has 21 heavy (non-hydrogen) atoms. The predicted octanol–water partition coefficient (Wildman–Crippen LogP) is 1.80. The molecule has 1 heterocycles. The van der Waals surface area contributed by atoms with Crippen molar-refractivity contribution in [2.24, 2.45) is 5.41 Å². The van der Waals surface area contributed by atoms with E-state index in [1.807, 2.05) is 24.9 Å². The molecule has 5 heteroatoms. The minimum Gasteiger partial charge on any atom is -0.396 e. The van der Waals surface area contributed by atoms with E-state index in [-0.39, 0.29) is 19.0 Å². The maximum absolute atomic E-state index is 13.7. The van der Waals surface area contributed by atoms with E-state index in [9.17, 15) is 14.6 Å². The second-order valence-electron chi connectivity index (χ2n) is 5.94. The first-order valence-electron chi connectivity index (χ1n) is 6.91. The summed E-state index contributed by atoms with van der Waals surface area (Å²) in [7, 11) is 1.88. The summed E-state index contributed by atoms with van der Waals surface area (Å²) in [5.41, 5.74) is 0.998. The van der Waals surface area contributed by atoms with Crippen LogP contribution in [0.3, 0.4) is 0 Å². The van der Waals surface area contributed by atoms with Crippen molar-refractivity contribution in [2.45, 2.75) is 13.5 Å². The fourth-order valence-electron chi connectivity index (χ4n) is 2.50. The van der Waals surface area contributed by atoms with Crippen molar-refractivity contribution in [1.29, 1.82) is 0 Å². The molecule has 0 amide bonds. The van der Waals surface area contributed by atoms with Gasteiger partial charge in [-0.25, -0.2) is 4.39 Å². The molecule has 1 aromatic carbocycles. The molecule has 0 aliphatic rings. The van der Waals surface area contributed by atoms with Crippen LogP contribution in [-0.2, 0) is 6.54 Å². The number of hydrogen-bond donors (Lipinski definition) is 2. The van der Waals surface area contributed by atoms with Gasteiger partial charge >= 0.3 is 0 Å². The first kappa shape index (κ1) is 15.8. The summed E-state index contributed by atoms with van der Waals surface area (Å²) in [6.07, 6.45) is 1.69. The summed E-state index contributed by atoms with van der Waals surface area (Å²) in [6.45, 7) is 2.61. The zero-order valence-electron chi connectivity index (χ0n) is 12.4. The van der Waals surface area contributed by atoms with Crippen LogP contribution in [0.4, 0.5) is 4.39 Å². The molecule has 2 N–H and O–H groups in total. The Morgan fingerprint density at radius 2 is 2.00 bits per heavy atom. The molecule has 0 saturated carbocycles. The quantitative estimate of drug-likeness (QED) is 0.852. The molecule has 4 nitrogen and oxygen atoms in total. The molecule has 0 saturated heterocycles. The van der Waals surface area contributed by atoms with E-state index in [0.29, 0.717) is 13.1 Å². The Kier molecular flexibility index (Phi) is 4.88. The topological polar surface area (TPSA) is 56.6 Å². The Balaban J connectivity index is 2.23. The van der Waals surface area contributed by atoms with Gasteiger partial charge in [-0.15, -0.1) is 0 Å². The SMILES string of the molecule is CN(Cc1cc(F)cc2cccnc12)CC(C)(CO)CO. The van der Waals surface area contributed by atoms with Crippen molar-refractivity contribution >= 4 is 10.9 Å². The summed E-state index contributed by atoms with van der Waals surface area (Å²) < 4.78 is 13.7. The van der Waals surface area contributed by atoms with E-state index < -0.39 is 5.41 Å². The molecule has 0 aliphatic heterocycles. The Morgan fingerprint density at radius 1 is 1.29 bits per heavy atom. The highest BCUT2D eigenvalue weighted by molar-refractivity contribution is 5.81. The van der Waals surface area contributed by atoms with E-state index in [1.165, 1.54) is 12.1 Å². The van der Waals surface area contributed by atoms with Crippen LogP contribution in [-0.4, -0.2) is 46.9 Å². The number of halogens is 1. The average Bonchev–Trinajstić information content (AvgIpc) is 2.46. The van der Waals surface area contributed by atoms with E-state index in [0.717, 1.165) is 16.5 Å². The van der Waals surface area contributed by atoms with Crippen molar-refractivity contribution in [2.75, 3.05) is 26.8 Å². The first-order valence-corrected chi connectivity index (χ1v) is 6.91. The zero-order valence-corrected chi connectivity index (χ0v) is 12.4. The number of benzene rings is 1. The number of aliphatic hydroxyl groups is 2. The molecule has 0 aliphatic carbocycles. The lowest BCUT2D eigenvalue weighted by atomic mass is 9.92. The maximum atomic E-state index is 13.7. The minimum atomic E-state index is -0.578. The van der Waals surface area contributed by atoms with E-state index in [1.54, 1.807) is 12.3 Å². The number of fused-ring (bicyclic) bond motifs is 1. The van der Waals surface area contributed by atoms with Gasteiger partial charge in [0.2, 0.25) is 0 Å². The van der Waals surface area contributed by atoms with E-state index in [4.69, 9.17) is 0 Å². The molecule has 0 unspecified atom stereocenters. The second kappa shape index (κ2) is 6.47. The van der Waals surface area contributed by atoms with Crippen LogP contribution >= 0.6 is 0 Å². The smallest absolute Gasteiger partial charge is 0.124 e. The number of aliphatic hydroxyl groups excluding tert-OH is 2. The summed E-state index contributed by atoms with van der Waals surface area (Å²) in [5.74, 6) is -0.286. The molecule has 0 spiro atoms. The zero-order chi connectivity index (χ0) is 15.5. The summed E-state index contributed by atoms with van der Waals surface area (Å²) >= 11 is 0. The highest BCUT2D eigenvalue weighted by Crippen LogP contribution is 2.22. The molecule has 0 fully saturated rings. The van der Waals surface area contributed by atoms with Crippen LogP contribution in [0.5, 0.6) is 0 Å². The van der Waals surface area contributed by atoms with Crippen LogP contribution in [0.15, 0.2) is 30.5 Å². The van der Waals surface area contributed by atoms with Crippen molar-refractivity contribution < 1.29 is 14.6 Å². The summed E-state index contributed by atoms with van der Waals surface area (Å²) in [6, 6.07) is 6.57. The largest absolute Gasteiger partial charge is 0.396 e. The van der Waals surface area contributed by atoms with E-state index >= 15 is 0 Å². The van der Waals surface area contributed by atoms with Gasteiger partial charge in [-0.1, -0.05) is 13.0 Å². The summed E-state index contributed by atoms with van der Waals surface area (Å²) in [4.78, 5) is 6.27. The van der Waals surface area contributed by atoms with Crippen molar-refractivity contribution in [1.82, 2.24) is 9.88 Å². The molecule has 2 rings (SSSR count). The minimum absolute atomic E-state index is 0.101. The standard InChI is InChI=1S/C16H21FN2O2/c1-16(10-20,11-21)9-19(2)8-13-7-14(17)6-12-4-3-5-18-15(12)13/h3-7,20-21H,8-11H2,1-2H3. The maximum Gasteiger partial charge on any atom is 0.124 e. The fraction of sp³-hybridized carbons (Fsp3) is 0.438. The average molecular weight is 292 g/mol. The first-order chi connectivity index (χ1) is 9.97. The second-order valence-corrected chi connectivity index (χ2v) is 5.94. The lowest BCUT2D eigenvalue weighted by Crippen LogP contribution is -2.38. The Morgan fingerprint density at radius 3 is 2.67 bits per heavy atom. The van der Waals surface area contributed by atoms with Gasteiger partial charge in [0.15, 0.2) is 0 Å². The molecular formula is C16H21FN2O2. The van der Waals surface area contributed by atoms with Gasteiger partial charge in [0.25, 0.3) is 0 Å². The van der Waals surface area contributed by atoms with Crippen LogP contribution in [0.25, 0.3) is 10.9 Å². The van der Waals surface area contributed by atoms with E-state index in [2.05, 4.69) is 4.98 Å². The van der Waals surface area contributed by atoms with Gasteiger partial charge in [-0.05, 0) is 30.8 Å². The van der Waals surface area contributed by atoms with Crippen LogP contribution in [0.2, 0.25) is 0 Å². The van der Waals surface area contributed by atoms with Crippen molar-refractivity contribution in [3.8, 4) is 0 Å². The third kappa shape index (κ3) is 3.75. The molecular weight excluding hydrogens is 271 g/mol. The number of hydrogen-bond acceptors (Lipinski definition) is 4. The normalized spacial score (nSPS) is 12.3. The molecule has 114 valence electrons. The van der Waals surface area contributed by atoms with Gasteiger partial charge in [0, 0.05) is 30.1 Å². The highest BCUT2D eigenvalue weighted by Gasteiger charge is 2.24. The third-order valence-corrected chi connectivity index (χ3v) is 3.60. The van der Waals surface area contributed by atoms with Gasteiger partial charge in [0.1, 0.15) is 5.82 Å². The van der Waals surface area contributed by atoms with Gasteiger partial charge in [-0.3, -0.25) is 4.98 Å². The number of rotatable bonds is 6. The fourth-order valence-corrected chi connectivity index (χ4v) is 2.50. The van der Waals surface area contributed by atoms with Crippen LogP contribution in [0.1, 0.15) is 12.5 Å². The Bertz CT molecular complexity index is 614. The highest BCUT2D eigenvalue weighted by atomic mass is 19.1. The number of aromatic nitrogens is 1. The third-order valence-electron chi connectivity index (χ3n) is 3.60. The molecule has 0 atom stereocenters. The number of pyridine rings is 1. The van der Waals surface area contributed by atoms with Crippen molar-refractivity contribution in [3.63, 3.8) is 0 Å². The lowest BCUT2D eigenvalue weighted by molar-refractivity contribution is 0.0402. The van der Waals surface area contributed by atoms with Gasteiger partial charge in [-0.2, -0.15) is 0 Å². The molecule has 2 aromatic rings. The van der Waals surface area contributed by atoms with Crippen LogP contribution in [0, 0.1) is 11.2 Å². The summed E-state index contributed by atoms with van der Waals surface area (Å²) in [5, 5.41) is 19.5. The lowest BCUT2D eigenvalue weighted by Gasteiger charge is -2.30. The van der Waals surface area contributed by atoms with Gasteiger partial charge in [0.05, 0.1) is 18.7 Å². The Labute approximate surface area is 123 Å².